The number of anilines is 3. The third-order valence-corrected chi connectivity index (χ3v) is 3.33. The van der Waals surface area contributed by atoms with Gasteiger partial charge in [0.2, 0.25) is 5.95 Å². The minimum atomic E-state index is -4.61. The van der Waals surface area contributed by atoms with Gasteiger partial charge in [0.25, 0.3) is 0 Å². The van der Waals surface area contributed by atoms with Crippen LogP contribution in [-0.2, 0) is 6.18 Å². The van der Waals surface area contributed by atoms with Crippen LogP contribution in [0.25, 0.3) is 0 Å². The molecule has 0 fully saturated rings. The quantitative estimate of drug-likeness (QED) is 0.679. The molecule has 24 heavy (non-hydrogen) atoms. The highest BCUT2D eigenvalue weighted by molar-refractivity contribution is 6.33. The number of aliphatic hydroxyl groups excluding tert-OH is 1. The fourth-order valence-corrected chi connectivity index (χ4v) is 2.16. The van der Waals surface area contributed by atoms with E-state index in [2.05, 4.69) is 20.6 Å². The van der Waals surface area contributed by atoms with Gasteiger partial charge in [0, 0.05) is 19.2 Å². The summed E-state index contributed by atoms with van der Waals surface area (Å²) < 4.78 is 39.0. The Labute approximate surface area is 141 Å². The second-order valence-corrected chi connectivity index (χ2v) is 5.48. The average Bonchev–Trinajstić information content (AvgIpc) is 2.49. The molecule has 2 aromatic rings. The van der Waals surface area contributed by atoms with Gasteiger partial charge in [-0.05, 0) is 31.0 Å². The third-order valence-electron chi connectivity index (χ3n) is 3.02. The maximum absolute atomic E-state index is 13.0. The molecular weight excluding hydrogens is 345 g/mol. The molecule has 1 aromatic carbocycles. The van der Waals surface area contributed by atoms with Crippen LogP contribution >= 0.6 is 11.6 Å². The highest BCUT2D eigenvalue weighted by Gasteiger charge is 2.33. The summed E-state index contributed by atoms with van der Waals surface area (Å²) in [6.45, 7) is 2.02. The molecule has 1 aromatic heterocycles. The Morgan fingerprint density at radius 1 is 1.21 bits per heavy atom. The number of halogens is 4. The maximum atomic E-state index is 13.0. The van der Waals surface area contributed by atoms with Crippen molar-refractivity contribution in [3.05, 3.63) is 40.5 Å². The molecule has 0 radical (unpaired) electrons. The number of rotatable bonds is 6. The Kier molecular flexibility index (Phi) is 5.84. The van der Waals surface area contributed by atoms with Crippen LogP contribution in [0.4, 0.5) is 30.6 Å². The van der Waals surface area contributed by atoms with Crippen LogP contribution in [0.5, 0.6) is 0 Å². The third kappa shape index (κ3) is 4.97. The molecule has 2 rings (SSSR count). The number of aryl methyl sites for hydroxylation is 1. The van der Waals surface area contributed by atoms with Gasteiger partial charge in [-0.15, -0.1) is 0 Å². The molecule has 0 spiro atoms. The van der Waals surface area contributed by atoms with Gasteiger partial charge in [-0.2, -0.15) is 18.2 Å². The first kappa shape index (κ1) is 18.3. The zero-order valence-corrected chi connectivity index (χ0v) is 13.5. The van der Waals surface area contributed by atoms with Crippen molar-refractivity contribution < 1.29 is 18.3 Å². The summed E-state index contributed by atoms with van der Waals surface area (Å²) in [5.41, 5.74) is 0.292. The average molecular weight is 361 g/mol. The lowest BCUT2D eigenvalue weighted by molar-refractivity contribution is -0.141. The lowest BCUT2D eigenvalue weighted by Crippen LogP contribution is -2.14. The fraction of sp³-hybridized carbons (Fsp3) is 0.333. The van der Waals surface area contributed by atoms with E-state index in [1.54, 1.807) is 18.2 Å². The van der Waals surface area contributed by atoms with Crippen LogP contribution in [0, 0.1) is 6.92 Å². The number of aromatic nitrogens is 2. The van der Waals surface area contributed by atoms with Gasteiger partial charge in [-0.25, -0.2) is 4.98 Å². The number of alkyl halides is 3. The van der Waals surface area contributed by atoms with Crippen LogP contribution < -0.4 is 10.6 Å². The van der Waals surface area contributed by atoms with Crippen molar-refractivity contribution in [2.45, 2.75) is 19.5 Å². The Balaban J connectivity index is 2.31. The number of aliphatic hydroxyl groups is 1. The molecule has 0 unspecified atom stereocenters. The van der Waals surface area contributed by atoms with Crippen molar-refractivity contribution >= 4 is 29.1 Å². The number of nitrogens with one attached hydrogen (secondary N) is 2. The smallest absolute Gasteiger partial charge is 0.396 e. The minimum Gasteiger partial charge on any atom is -0.396 e. The molecule has 9 heteroatoms. The van der Waals surface area contributed by atoms with E-state index in [1.165, 1.54) is 0 Å². The minimum absolute atomic E-state index is 0.0328. The second kappa shape index (κ2) is 7.67. The molecule has 1 heterocycles. The molecule has 0 amide bonds. The monoisotopic (exact) mass is 360 g/mol. The fourth-order valence-electron chi connectivity index (χ4n) is 1.87. The standard InChI is InChI=1S/C15H16ClF3N4O/c1-9-3-4-11(10(16)7-9)21-13-8-12(15(17,18)19)22-14(23-13)20-5-2-6-24/h3-4,7-8,24H,2,5-6H2,1H3,(H2,20,21,22,23). The van der Waals surface area contributed by atoms with Crippen molar-refractivity contribution in [1.82, 2.24) is 9.97 Å². The van der Waals surface area contributed by atoms with Gasteiger partial charge in [-0.1, -0.05) is 17.7 Å². The summed E-state index contributed by atoms with van der Waals surface area (Å²) in [7, 11) is 0. The summed E-state index contributed by atoms with van der Waals surface area (Å²) in [5.74, 6) is -0.210. The maximum Gasteiger partial charge on any atom is 0.433 e. The number of hydrogen-bond acceptors (Lipinski definition) is 5. The first-order valence-electron chi connectivity index (χ1n) is 7.14. The van der Waals surface area contributed by atoms with Gasteiger partial charge < -0.3 is 15.7 Å². The predicted molar refractivity (Wildman–Crippen MR) is 86.7 cm³/mol. The van der Waals surface area contributed by atoms with Crippen molar-refractivity contribution in [1.29, 1.82) is 0 Å². The van der Waals surface area contributed by atoms with Crippen molar-refractivity contribution in [2.24, 2.45) is 0 Å². The molecule has 5 nitrogen and oxygen atoms in total. The molecule has 0 aliphatic rings. The summed E-state index contributed by atoms with van der Waals surface area (Å²) in [6, 6.07) is 5.94. The Morgan fingerprint density at radius 2 is 1.96 bits per heavy atom. The topological polar surface area (TPSA) is 70.1 Å². The van der Waals surface area contributed by atoms with Crippen LogP contribution in [0.15, 0.2) is 24.3 Å². The molecule has 0 atom stereocenters. The van der Waals surface area contributed by atoms with E-state index >= 15 is 0 Å². The SMILES string of the molecule is Cc1ccc(Nc2cc(C(F)(F)F)nc(NCCCO)n2)c(Cl)c1. The summed E-state index contributed by atoms with van der Waals surface area (Å²) in [6.07, 6.45) is -4.24. The van der Waals surface area contributed by atoms with Crippen molar-refractivity contribution in [3.63, 3.8) is 0 Å². The van der Waals surface area contributed by atoms with Crippen molar-refractivity contribution in [2.75, 3.05) is 23.8 Å². The van der Waals surface area contributed by atoms with Crippen LogP contribution in [0.2, 0.25) is 5.02 Å². The zero-order valence-electron chi connectivity index (χ0n) is 12.8. The predicted octanol–water partition coefficient (Wildman–Crippen LogP) is 4.00. The molecule has 0 saturated heterocycles. The molecule has 0 aliphatic carbocycles. The number of benzene rings is 1. The van der Waals surface area contributed by atoms with Gasteiger partial charge in [0.15, 0.2) is 5.69 Å². The van der Waals surface area contributed by atoms with Gasteiger partial charge in [0.05, 0.1) is 10.7 Å². The highest BCUT2D eigenvalue weighted by Crippen LogP contribution is 2.31. The van der Waals surface area contributed by atoms with E-state index in [4.69, 9.17) is 16.7 Å². The van der Waals surface area contributed by atoms with Crippen molar-refractivity contribution in [3.8, 4) is 0 Å². The molecule has 3 N–H and O–H groups in total. The molecule has 0 aliphatic heterocycles. The number of hydrogen-bond donors (Lipinski definition) is 3. The van der Waals surface area contributed by atoms with E-state index in [1.807, 2.05) is 6.92 Å². The largest absolute Gasteiger partial charge is 0.433 e. The van der Waals surface area contributed by atoms with E-state index in [-0.39, 0.29) is 24.9 Å². The molecule has 0 saturated carbocycles. The molecule has 0 bridgehead atoms. The summed E-state index contributed by atoms with van der Waals surface area (Å²) >= 11 is 6.08. The molecule has 130 valence electrons. The van der Waals surface area contributed by atoms with Gasteiger partial charge >= 0.3 is 6.18 Å². The summed E-state index contributed by atoms with van der Waals surface area (Å²) in [5, 5.41) is 14.5. The lowest BCUT2D eigenvalue weighted by Gasteiger charge is -2.13. The van der Waals surface area contributed by atoms with E-state index in [0.29, 0.717) is 17.1 Å². The first-order valence-corrected chi connectivity index (χ1v) is 7.51. The Bertz CT molecular complexity index is 710. The van der Waals surface area contributed by atoms with E-state index < -0.39 is 11.9 Å². The Morgan fingerprint density at radius 3 is 2.58 bits per heavy atom. The zero-order chi connectivity index (χ0) is 17.7. The first-order chi connectivity index (χ1) is 11.3. The van der Waals surface area contributed by atoms with Gasteiger partial charge in [-0.3, -0.25) is 0 Å². The van der Waals surface area contributed by atoms with E-state index in [9.17, 15) is 13.2 Å². The van der Waals surface area contributed by atoms with Crippen LogP contribution in [0.1, 0.15) is 17.7 Å². The normalized spacial score (nSPS) is 11.4. The highest BCUT2D eigenvalue weighted by atomic mass is 35.5. The van der Waals surface area contributed by atoms with Gasteiger partial charge in [0.1, 0.15) is 5.82 Å². The lowest BCUT2D eigenvalue weighted by atomic mass is 10.2. The summed E-state index contributed by atoms with van der Waals surface area (Å²) in [4.78, 5) is 7.46. The second-order valence-electron chi connectivity index (χ2n) is 5.07. The van der Waals surface area contributed by atoms with Crippen LogP contribution in [-0.4, -0.2) is 28.2 Å². The number of nitrogens with zero attached hydrogens (tertiary/aromatic N) is 2. The Hall–Kier alpha value is -2.06. The van der Waals surface area contributed by atoms with E-state index in [0.717, 1.165) is 11.6 Å². The van der Waals surface area contributed by atoms with Crippen LogP contribution in [0.3, 0.4) is 0 Å². The molecular formula is C15H16ClF3N4O.